The number of hydrogen-bond acceptors (Lipinski definition) is 5. The number of aromatic hydroxyl groups is 1. The first-order valence-corrected chi connectivity index (χ1v) is 7.56. The molecule has 1 aliphatic rings. The van der Waals surface area contributed by atoms with Gasteiger partial charge in [0.1, 0.15) is 17.9 Å². The molecule has 116 valence electrons. The summed E-state index contributed by atoms with van der Waals surface area (Å²) in [5, 5.41) is 10.1. The van der Waals surface area contributed by atoms with Gasteiger partial charge in [-0.05, 0) is 25.0 Å². The van der Waals surface area contributed by atoms with Crippen LogP contribution in [0.5, 0.6) is 5.75 Å². The zero-order valence-electron chi connectivity index (χ0n) is 12.2. The Morgan fingerprint density at radius 1 is 1.23 bits per heavy atom. The second-order valence-electron chi connectivity index (χ2n) is 5.71. The summed E-state index contributed by atoms with van der Waals surface area (Å²) in [5.74, 6) is -0.198. The molecule has 5 heteroatoms. The minimum absolute atomic E-state index is 0.0204. The molecule has 1 N–H and O–H groups in total. The van der Waals surface area contributed by atoms with E-state index in [2.05, 4.69) is 0 Å². The molecular weight excluding hydrogens is 284 g/mol. The molecule has 1 fully saturated rings. The highest BCUT2D eigenvalue weighted by Crippen LogP contribution is 2.26. The largest absolute Gasteiger partial charge is 0.508 e. The number of phenolic OH excluding ortho intramolecular Hbond substituents is 1. The molecule has 3 rings (SSSR count). The fourth-order valence-electron chi connectivity index (χ4n) is 2.94. The minimum atomic E-state index is -0.526. The van der Waals surface area contributed by atoms with Crippen molar-refractivity contribution in [1.29, 1.82) is 0 Å². The van der Waals surface area contributed by atoms with Crippen LogP contribution in [-0.4, -0.2) is 11.1 Å². The maximum Gasteiger partial charge on any atom is 0.336 e. The van der Waals surface area contributed by atoms with E-state index in [-0.39, 0.29) is 29.8 Å². The van der Waals surface area contributed by atoms with E-state index in [1.807, 2.05) is 0 Å². The highest BCUT2D eigenvalue weighted by atomic mass is 16.5. The van der Waals surface area contributed by atoms with Crippen molar-refractivity contribution in [3.05, 3.63) is 40.2 Å². The van der Waals surface area contributed by atoms with Crippen LogP contribution in [0.1, 0.15) is 37.7 Å². The van der Waals surface area contributed by atoms with Crippen molar-refractivity contribution in [2.45, 2.75) is 38.7 Å². The molecule has 1 aliphatic carbocycles. The first kappa shape index (κ1) is 14.6. The predicted octanol–water partition coefficient (Wildman–Crippen LogP) is 3.12. The molecule has 1 aromatic carbocycles. The van der Waals surface area contributed by atoms with Gasteiger partial charge in [0.05, 0.1) is 5.92 Å². The van der Waals surface area contributed by atoms with Crippen molar-refractivity contribution in [2.24, 2.45) is 5.92 Å². The van der Waals surface area contributed by atoms with E-state index in [1.54, 1.807) is 6.07 Å². The quantitative estimate of drug-likeness (QED) is 0.696. The average molecular weight is 302 g/mol. The minimum Gasteiger partial charge on any atom is -0.508 e. The Morgan fingerprint density at radius 2 is 2.00 bits per heavy atom. The van der Waals surface area contributed by atoms with Gasteiger partial charge >= 0.3 is 11.6 Å². The topological polar surface area (TPSA) is 76.7 Å². The summed E-state index contributed by atoms with van der Waals surface area (Å²) < 4.78 is 10.4. The molecule has 1 saturated carbocycles. The molecule has 22 heavy (non-hydrogen) atoms. The van der Waals surface area contributed by atoms with Gasteiger partial charge < -0.3 is 14.3 Å². The summed E-state index contributed by atoms with van der Waals surface area (Å²) in [6.45, 7) is 0.0439. The Morgan fingerprint density at radius 3 is 2.77 bits per heavy atom. The normalized spacial score (nSPS) is 15.8. The van der Waals surface area contributed by atoms with E-state index in [0.717, 1.165) is 25.7 Å². The van der Waals surface area contributed by atoms with Crippen LogP contribution in [0.4, 0.5) is 0 Å². The highest BCUT2D eigenvalue weighted by Gasteiger charge is 2.22. The van der Waals surface area contributed by atoms with Crippen molar-refractivity contribution in [3.8, 4) is 5.75 Å². The Kier molecular flexibility index (Phi) is 4.13. The van der Waals surface area contributed by atoms with Gasteiger partial charge in [-0.2, -0.15) is 0 Å². The number of carbonyl (C=O) groups excluding carboxylic acids is 1. The van der Waals surface area contributed by atoms with E-state index >= 15 is 0 Å². The molecule has 0 unspecified atom stereocenters. The molecule has 0 radical (unpaired) electrons. The van der Waals surface area contributed by atoms with Crippen LogP contribution in [0.3, 0.4) is 0 Å². The molecule has 0 spiro atoms. The molecule has 1 heterocycles. The molecule has 5 nitrogen and oxygen atoms in total. The number of ether oxygens (including phenoxy) is 1. The second-order valence-corrected chi connectivity index (χ2v) is 5.71. The maximum atomic E-state index is 12.1. The molecule has 1 aromatic heterocycles. The number of esters is 1. The van der Waals surface area contributed by atoms with Crippen molar-refractivity contribution >= 4 is 16.9 Å². The monoisotopic (exact) mass is 302 g/mol. The first-order valence-electron chi connectivity index (χ1n) is 7.56. The third-order valence-electron chi connectivity index (χ3n) is 4.12. The lowest BCUT2D eigenvalue weighted by Gasteiger charge is -2.20. The van der Waals surface area contributed by atoms with Gasteiger partial charge in [0.15, 0.2) is 0 Å². The lowest BCUT2D eigenvalue weighted by atomic mass is 9.89. The molecule has 0 aliphatic heterocycles. The summed E-state index contributed by atoms with van der Waals surface area (Å²) >= 11 is 0. The van der Waals surface area contributed by atoms with Crippen LogP contribution in [-0.2, 0) is 16.1 Å². The zero-order chi connectivity index (χ0) is 15.5. The van der Waals surface area contributed by atoms with Gasteiger partial charge in [-0.25, -0.2) is 4.79 Å². The van der Waals surface area contributed by atoms with E-state index < -0.39 is 5.63 Å². The van der Waals surface area contributed by atoms with Gasteiger partial charge in [-0.1, -0.05) is 19.3 Å². The Hall–Kier alpha value is -2.30. The van der Waals surface area contributed by atoms with Crippen LogP contribution in [0.25, 0.3) is 11.0 Å². The molecular formula is C17H18O5. The standard InChI is InChI=1S/C17H18O5/c18-13-6-7-14-12(8-16(19)22-15(14)9-13)10-21-17(20)11-4-2-1-3-5-11/h6-9,11,18H,1-5,10H2. The molecule has 0 amide bonds. The van der Waals surface area contributed by atoms with Crippen LogP contribution in [0.15, 0.2) is 33.5 Å². The summed E-state index contributed by atoms with van der Waals surface area (Å²) in [6.07, 6.45) is 5.07. The van der Waals surface area contributed by atoms with Crippen molar-refractivity contribution in [1.82, 2.24) is 0 Å². The average Bonchev–Trinajstić information content (AvgIpc) is 2.52. The fraction of sp³-hybridized carbons (Fsp3) is 0.412. The number of hydrogen-bond donors (Lipinski definition) is 1. The second kappa shape index (κ2) is 6.22. The van der Waals surface area contributed by atoms with Gasteiger partial charge in [-0.3, -0.25) is 4.79 Å². The lowest BCUT2D eigenvalue weighted by Crippen LogP contribution is -2.20. The Labute approximate surface area is 127 Å². The number of benzene rings is 1. The van der Waals surface area contributed by atoms with E-state index in [0.29, 0.717) is 10.9 Å². The number of carbonyl (C=O) groups is 1. The van der Waals surface area contributed by atoms with Crippen LogP contribution in [0.2, 0.25) is 0 Å². The Bertz CT molecular complexity index is 740. The van der Waals surface area contributed by atoms with Crippen molar-refractivity contribution < 1.29 is 19.1 Å². The molecule has 0 saturated heterocycles. The van der Waals surface area contributed by atoms with Crippen molar-refractivity contribution in [2.75, 3.05) is 0 Å². The predicted molar refractivity (Wildman–Crippen MR) is 80.5 cm³/mol. The number of fused-ring (bicyclic) bond motifs is 1. The summed E-state index contributed by atoms with van der Waals surface area (Å²) in [4.78, 5) is 23.7. The van der Waals surface area contributed by atoms with Crippen LogP contribution in [0, 0.1) is 5.92 Å². The van der Waals surface area contributed by atoms with Gasteiger partial charge in [0, 0.05) is 23.1 Å². The molecule has 0 bridgehead atoms. The van der Waals surface area contributed by atoms with Gasteiger partial charge in [0.25, 0.3) is 0 Å². The number of rotatable bonds is 3. The summed E-state index contributed by atoms with van der Waals surface area (Å²) in [5.41, 5.74) is 0.355. The zero-order valence-corrected chi connectivity index (χ0v) is 12.2. The van der Waals surface area contributed by atoms with Crippen LogP contribution < -0.4 is 5.63 Å². The van der Waals surface area contributed by atoms with E-state index in [4.69, 9.17) is 9.15 Å². The van der Waals surface area contributed by atoms with E-state index in [9.17, 15) is 14.7 Å². The number of phenols is 1. The Balaban J connectivity index is 1.78. The molecule has 0 atom stereocenters. The third kappa shape index (κ3) is 3.13. The summed E-state index contributed by atoms with van der Waals surface area (Å²) in [6, 6.07) is 5.86. The first-order chi connectivity index (χ1) is 10.6. The molecule has 2 aromatic rings. The van der Waals surface area contributed by atoms with Crippen molar-refractivity contribution in [3.63, 3.8) is 0 Å². The van der Waals surface area contributed by atoms with Crippen LogP contribution >= 0.6 is 0 Å². The lowest BCUT2D eigenvalue weighted by molar-refractivity contribution is -0.151. The smallest absolute Gasteiger partial charge is 0.336 e. The highest BCUT2D eigenvalue weighted by molar-refractivity contribution is 5.81. The van der Waals surface area contributed by atoms with Gasteiger partial charge in [-0.15, -0.1) is 0 Å². The fourth-order valence-corrected chi connectivity index (χ4v) is 2.94. The van der Waals surface area contributed by atoms with E-state index in [1.165, 1.54) is 24.6 Å². The third-order valence-corrected chi connectivity index (χ3v) is 4.12. The summed E-state index contributed by atoms with van der Waals surface area (Å²) in [7, 11) is 0. The maximum absolute atomic E-state index is 12.1. The SMILES string of the molecule is O=C(OCc1cc(=O)oc2cc(O)ccc12)C1CCCCC1. The van der Waals surface area contributed by atoms with Gasteiger partial charge in [0.2, 0.25) is 0 Å².